The molecule has 0 saturated carbocycles. The molecule has 0 radical (unpaired) electrons. The summed E-state index contributed by atoms with van der Waals surface area (Å²) in [7, 11) is 0. The van der Waals surface area contributed by atoms with Gasteiger partial charge in [-0.25, -0.2) is 9.97 Å². The van der Waals surface area contributed by atoms with Crippen LogP contribution in [0.2, 0.25) is 0 Å². The molecule has 0 unspecified atom stereocenters. The number of aromatic nitrogens is 4. The monoisotopic (exact) mass is 390 g/mol. The predicted molar refractivity (Wildman–Crippen MR) is 118 cm³/mol. The van der Waals surface area contributed by atoms with E-state index in [1.807, 2.05) is 78.9 Å². The van der Waals surface area contributed by atoms with Crippen molar-refractivity contribution in [2.45, 2.75) is 6.42 Å². The summed E-state index contributed by atoms with van der Waals surface area (Å²) in [6.07, 6.45) is 5.67. The summed E-state index contributed by atoms with van der Waals surface area (Å²) in [5, 5.41) is 0. The number of hydrogen-bond donors (Lipinski definition) is 0. The number of hydrogen-bond acceptors (Lipinski definition) is 4. The highest BCUT2D eigenvalue weighted by Gasteiger charge is 2.14. The van der Waals surface area contributed by atoms with E-state index in [2.05, 4.69) is 15.0 Å². The molecule has 0 bridgehead atoms. The van der Waals surface area contributed by atoms with Gasteiger partial charge in [0.1, 0.15) is 11.2 Å². The first-order valence-corrected chi connectivity index (χ1v) is 9.71. The SMILES string of the molecule is O=c1c(Cc2ccccc2)nc2cccnc2n1-c1cccc(-c2ccncc2)c1. The Morgan fingerprint density at radius 1 is 0.767 bits per heavy atom. The number of benzene rings is 2. The van der Waals surface area contributed by atoms with E-state index in [1.165, 1.54) is 0 Å². The van der Waals surface area contributed by atoms with E-state index in [-0.39, 0.29) is 5.56 Å². The highest BCUT2D eigenvalue weighted by atomic mass is 16.1. The lowest BCUT2D eigenvalue weighted by molar-refractivity contribution is 0.927. The van der Waals surface area contributed by atoms with Gasteiger partial charge in [-0.2, -0.15) is 0 Å². The van der Waals surface area contributed by atoms with Gasteiger partial charge in [-0.05, 0) is 53.1 Å². The lowest BCUT2D eigenvalue weighted by Crippen LogP contribution is -2.25. The van der Waals surface area contributed by atoms with Gasteiger partial charge < -0.3 is 0 Å². The van der Waals surface area contributed by atoms with Gasteiger partial charge in [0.15, 0.2) is 5.65 Å². The zero-order chi connectivity index (χ0) is 20.3. The van der Waals surface area contributed by atoms with Crippen molar-refractivity contribution in [1.82, 2.24) is 19.5 Å². The van der Waals surface area contributed by atoms with Crippen LogP contribution in [-0.2, 0) is 6.42 Å². The van der Waals surface area contributed by atoms with Crippen LogP contribution in [0.1, 0.15) is 11.3 Å². The van der Waals surface area contributed by atoms with Crippen LogP contribution in [0.4, 0.5) is 0 Å². The van der Waals surface area contributed by atoms with Gasteiger partial charge in [0.2, 0.25) is 0 Å². The smallest absolute Gasteiger partial charge is 0.267 e. The van der Waals surface area contributed by atoms with E-state index in [9.17, 15) is 4.79 Å². The summed E-state index contributed by atoms with van der Waals surface area (Å²) in [4.78, 5) is 26.7. The third kappa shape index (κ3) is 3.37. The topological polar surface area (TPSA) is 60.7 Å². The zero-order valence-electron chi connectivity index (χ0n) is 16.1. The Kier molecular flexibility index (Phi) is 4.62. The van der Waals surface area contributed by atoms with Crippen molar-refractivity contribution in [3.05, 3.63) is 119 Å². The molecule has 5 heteroatoms. The third-order valence-corrected chi connectivity index (χ3v) is 5.02. The molecule has 144 valence electrons. The summed E-state index contributed by atoms with van der Waals surface area (Å²) in [5.41, 5.74) is 5.43. The van der Waals surface area contributed by atoms with Crippen LogP contribution in [0.5, 0.6) is 0 Å². The maximum Gasteiger partial charge on any atom is 0.278 e. The van der Waals surface area contributed by atoms with E-state index >= 15 is 0 Å². The molecule has 5 nitrogen and oxygen atoms in total. The fourth-order valence-electron chi connectivity index (χ4n) is 3.58. The van der Waals surface area contributed by atoms with E-state index in [1.54, 1.807) is 23.2 Å². The molecule has 5 rings (SSSR count). The number of fused-ring (bicyclic) bond motifs is 1. The van der Waals surface area contributed by atoms with Gasteiger partial charge in [0, 0.05) is 25.0 Å². The molecular weight excluding hydrogens is 372 g/mol. The summed E-state index contributed by atoms with van der Waals surface area (Å²) in [6, 6.07) is 25.4. The van der Waals surface area contributed by atoms with Crippen LogP contribution in [0.25, 0.3) is 28.0 Å². The summed E-state index contributed by atoms with van der Waals surface area (Å²) >= 11 is 0. The van der Waals surface area contributed by atoms with Gasteiger partial charge in [0.05, 0.1) is 5.69 Å². The minimum absolute atomic E-state index is 0.156. The van der Waals surface area contributed by atoms with Crippen LogP contribution >= 0.6 is 0 Å². The molecule has 3 heterocycles. The van der Waals surface area contributed by atoms with Gasteiger partial charge in [-0.15, -0.1) is 0 Å². The molecular formula is C25H18N4O. The number of rotatable bonds is 4. The minimum Gasteiger partial charge on any atom is -0.267 e. The Hall–Kier alpha value is -4.12. The quantitative estimate of drug-likeness (QED) is 0.455. The fraction of sp³-hybridized carbons (Fsp3) is 0.0400. The Bertz CT molecular complexity index is 1380. The molecule has 3 aromatic heterocycles. The molecule has 30 heavy (non-hydrogen) atoms. The molecule has 0 saturated heterocycles. The average Bonchev–Trinajstić information content (AvgIpc) is 2.81. The van der Waals surface area contributed by atoms with Gasteiger partial charge in [0.25, 0.3) is 5.56 Å². The first kappa shape index (κ1) is 17.9. The molecule has 5 aromatic rings. The molecule has 0 spiro atoms. The third-order valence-electron chi connectivity index (χ3n) is 5.02. The largest absolute Gasteiger partial charge is 0.278 e. The second kappa shape index (κ2) is 7.72. The Balaban J connectivity index is 1.71. The van der Waals surface area contributed by atoms with Crippen molar-refractivity contribution in [3.63, 3.8) is 0 Å². The minimum atomic E-state index is -0.156. The van der Waals surface area contributed by atoms with Crippen LogP contribution in [-0.4, -0.2) is 19.5 Å². The zero-order valence-corrected chi connectivity index (χ0v) is 16.1. The number of nitrogens with zero attached hydrogens (tertiary/aromatic N) is 4. The molecule has 0 aliphatic rings. The van der Waals surface area contributed by atoms with E-state index in [0.717, 1.165) is 22.4 Å². The molecule has 2 aromatic carbocycles. The lowest BCUT2D eigenvalue weighted by atomic mass is 10.1. The van der Waals surface area contributed by atoms with Crippen LogP contribution in [0.3, 0.4) is 0 Å². The molecule has 0 aliphatic heterocycles. The first-order valence-electron chi connectivity index (χ1n) is 9.71. The fourth-order valence-corrected chi connectivity index (χ4v) is 3.58. The Morgan fingerprint density at radius 3 is 2.43 bits per heavy atom. The highest BCUT2D eigenvalue weighted by Crippen LogP contribution is 2.22. The summed E-state index contributed by atoms with van der Waals surface area (Å²) in [5.74, 6) is 0. The van der Waals surface area contributed by atoms with Crippen molar-refractivity contribution in [2.24, 2.45) is 0 Å². The molecule has 0 amide bonds. The Morgan fingerprint density at radius 2 is 1.60 bits per heavy atom. The normalized spacial score (nSPS) is 10.9. The van der Waals surface area contributed by atoms with Crippen LogP contribution < -0.4 is 5.56 Å². The van der Waals surface area contributed by atoms with E-state index in [0.29, 0.717) is 23.3 Å². The lowest BCUT2D eigenvalue weighted by Gasteiger charge is -2.13. The van der Waals surface area contributed by atoms with Crippen LogP contribution in [0.15, 0.2) is 102 Å². The molecule has 0 aliphatic carbocycles. The molecule has 0 fully saturated rings. The van der Waals surface area contributed by atoms with Crippen LogP contribution in [0, 0.1) is 0 Å². The summed E-state index contributed by atoms with van der Waals surface area (Å²) < 4.78 is 1.66. The van der Waals surface area contributed by atoms with E-state index in [4.69, 9.17) is 0 Å². The van der Waals surface area contributed by atoms with Gasteiger partial charge in [-0.3, -0.25) is 14.3 Å². The van der Waals surface area contributed by atoms with Crippen molar-refractivity contribution < 1.29 is 0 Å². The highest BCUT2D eigenvalue weighted by molar-refractivity contribution is 5.73. The summed E-state index contributed by atoms with van der Waals surface area (Å²) in [6.45, 7) is 0. The van der Waals surface area contributed by atoms with E-state index < -0.39 is 0 Å². The molecule has 0 atom stereocenters. The molecule has 0 N–H and O–H groups in total. The maximum atomic E-state index is 13.5. The van der Waals surface area contributed by atoms with Gasteiger partial charge >= 0.3 is 0 Å². The Labute approximate surface area is 173 Å². The predicted octanol–water partition coefficient (Wildman–Crippen LogP) is 4.43. The maximum absolute atomic E-state index is 13.5. The van der Waals surface area contributed by atoms with Crippen molar-refractivity contribution >= 4 is 11.2 Å². The second-order valence-corrected chi connectivity index (χ2v) is 6.99. The number of pyridine rings is 2. The van der Waals surface area contributed by atoms with Crippen molar-refractivity contribution in [1.29, 1.82) is 0 Å². The average molecular weight is 390 g/mol. The van der Waals surface area contributed by atoms with Crippen molar-refractivity contribution in [3.8, 4) is 16.8 Å². The van der Waals surface area contributed by atoms with Gasteiger partial charge in [-0.1, -0.05) is 42.5 Å². The second-order valence-electron chi connectivity index (χ2n) is 6.99. The standard InChI is InChI=1S/C25H18N4O/c30-25-23(16-18-6-2-1-3-7-18)28-22-10-5-13-27-24(22)29(25)21-9-4-8-20(17-21)19-11-14-26-15-12-19/h1-15,17H,16H2. The first-order chi connectivity index (χ1) is 14.8. The van der Waals surface area contributed by atoms with Crippen molar-refractivity contribution in [2.75, 3.05) is 0 Å².